The summed E-state index contributed by atoms with van der Waals surface area (Å²) in [6, 6.07) is 11.6. The van der Waals surface area contributed by atoms with Crippen LogP contribution in [0.4, 0.5) is 4.79 Å². The molecule has 1 saturated heterocycles. The summed E-state index contributed by atoms with van der Waals surface area (Å²) < 4.78 is 5.75. The zero-order chi connectivity index (χ0) is 23.3. The van der Waals surface area contributed by atoms with E-state index in [1.165, 1.54) is 11.3 Å². The van der Waals surface area contributed by atoms with Gasteiger partial charge in [-0.3, -0.25) is 24.9 Å². The standard InChI is InChI=1S/C18H18N2O3S.C7H13N/c1-12-3-2-9-19-15(12)8-10-23-14-6-4-13(5-7-14)11-16-17(21)20-18(22)24-16;1-4-6-8-7(3)5-2/h2-7,9,16H,8,10-11H2,1H3,(H,20,21,22);4,6H,5H2,1-3H3/b;6-4-,8-7?. The molecule has 1 fully saturated rings. The molecule has 1 aromatic heterocycles. The van der Waals surface area contributed by atoms with Gasteiger partial charge >= 0.3 is 0 Å². The normalized spacial score (nSPS) is 16.0. The first-order chi connectivity index (χ1) is 15.4. The third-order valence-electron chi connectivity index (χ3n) is 4.79. The molecule has 1 aliphatic rings. The van der Waals surface area contributed by atoms with Gasteiger partial charge in [0.2, 0.25) is 5.91 Å². The topological polar surface area (TPSA) is 80.7 Å². The lowest BCUT2D eigenvalue weighted by Gasteiger charge is -2.09. The fraction of sp³-hybridized carbons (Fsp3) is 0.360. The molecular weight excluding hydrogens is 422 g/mol. The van der Waals surface area contributed by atoms with E-state index in [1.807, 2.05) is 69.4 Å². The van der Waals surface area contributed by atoms with Crippen LogP contribution < -0.4 is 10.1 Å². The van der Waals surface area contributed by atoms with Crippen LogP contribution in [0.25, 0.3) is 0 Å². The van der Waals surface area contributed by atoms with Crippen LogP contribution in [-0.2, 0) is 17.6 Å². The number of hydrogen-bond donors (Lipinski definition) is 1. The molecule has 32 heavy (non-hydrogen) atoms. The van der Waals surface area contributed by atoms with Gasteiger partial charge in [0.15, 0.2) is 0 Å². The van der Waals surface area contributed by atoms with Crippen LogP contribution in [0.2, 0.25) is 0 Å². The number of carbonyl (C=O) groups is 2. The molecule has 2 aromatic rings. The van der Waals surface area contributed by atoms with E-state index in [1.54, 1.807) is 6.20 Å². The molecule has 1 N–H and O–H groups in total. The second kappa shape index (κ2) is 13.5. The Hall–Kier alpha value is -2.93. The van der Waals surface area contributed by atoms with Crippen molar-refractivity contribution >= 4 is 28.6 Å². The number of hydrogen-bond acceptors (Lipinski definition) is 6. The molecule has 0 saturated carbocycles. The quantitative estimate of drug-likeness (QED) is 0.549. The second-order valence-corrected chi connectivity index (χ2v) is 8.47. The van der Waals surface area contributed by atoms with Gasteiger partial charge in [-0.2, -0.15) is 0 Å². The van der Waals surface area contributed by atoms with E-state index < -0.39 is 0 Å². The number of rotatable bonds is 8. The smallest absolute Gasteiger partial charge is 0.286 e. The predicted octanol–water partition coefficient (Wildman–Crippen LogP) is 5.30. The summed E-state index contributed by atoms with van der Waals surface area (Å²) in [5.74, 6) is 0.572. The van der Waals surface area contributed by atoms with E-state index in [-0.39, 0.29) is 16.4 Å². The molecule has 1 aliphatic heterocycles. The van der Waals surface area contributed by atoms with Gasteiger partial charge in [0.05, 0.1) is 11.9 Å². The third-order valence-corrected chi connectivity index (χ3v) is 5.77. The Morgan fingerprint density at radius 3 is 2.59 bits per heavy atom. The van der Waals surface area contributed by atoms with Crippen LogP contribution in [0.1, 0.15) is 44.0 Å². The van der Waals surface area contributed by atoms with Gasteiger partial charge < -0.3 is 4.74 Å². The number of imide groups is 1. The monoisotopic (exact) mass is 453 g/mol. The number of aliphatic imine (C=N–C) groups is 1. The van der Waals surface area contributed by atoms with Crippen molar-refractivity contribution < 1.29 is 14.3 Å². The van der Waals surface area contributed by atoms with Gasteiger partial charge in [-0.1, -0.05) is 43.0 Å². The van der Waals surface area contributed by atoms with Crippen LogP contribution in [-0.4, -0.2) is 33.7 Å². The Labute approximate surface area is 194 Å². The number of aromatic nitrogens is 1. The van der Waals surface area contributed by atoms with Crippen LogP contribution >= 0.6 is 11.8 Å². The molecule has 0 radical (unpaired) electrons. The summed E-state index contributed by atoms with van der Waals surface area (Å²) in [6.07, 6.45) is 7.88. The van der Waals surface area contributed by atoms with Crippen molar-refractivity contribution in [2.24, 2.45) is 4.99 Å². The van der Waals surface area contributed by atoms with E-state index in [0.717, 1.165) is 41.6 Å². The molecule has 3 rings (SSSR count). The molecule has 1 atom stereocenters. The molecule has 170 valence electrons. The largest absolute Gasteiger partial charge is 0.493 e. The first-order valence-corrected chi connectivity index (χ1v) is 11.6. The minimum absolute atomic E-state index is 0.212. The Morgan fingerprint density at radius 1 is 1.25 bits per heavy atom. The lowest BCUT2D eigenvalue weighted by atomic mass is 10.1. The number of amides is 2. The maximum atomic E-state index is 11.6. The number of carbonyl (C=O) groups excluding carboxylic acids is 2. The van der Waals surface area contributed by atoms with Crippen molar-refractivity contribution in [3.63, 3.8) is 0 Å². The molecule has 0 bridgehead atoms. The summed E-state index contributed by atoms with van der Waals surface area (Å²) in [6.45, 7) is 8.69. The molecule has 1 aromatic carbocycles. The molecule has 0 spiro atoms. The molecule has 0 aliphatic carbocycles. The van der Waals surface area contributed by atoms with E-state index >= 15 is 0 Å². The highest BCUT2D eigenvalue weighted by Crippen LogP contribution is 2.24. The lowest BCUT2D eigenvalue weighted by molar-refractivity contribution is -0.118. The second-order valence-electron chi connectivity index (χ2n) is 7.30. The zero-order valence-corrected chi connectivity index (χ0v) is 19.9. The van der Waals surface area contributed by atoms with Crippen LogP contribution in [0.15, 0.2) is 59.9 Å². The minimum Gasteiger partial charge on any atom is -0.493 e. The first kappa shape index (κ1) is 25.3. The number of thioether (sulfide) groups is 1. The number of benzene rings is 1. The molecule has 1 unspecified atom stereocenters. The van der Waals surface area contributed by atoms with E-state index in [4.69, 9.17) is 4.74 Å². The highest BCUT2D eigenvalue weighted by molar-refractivity contribution is 8.15. The van der Waals surface area contributed by atoms with Crippen molar-refractivity contribution in [3.05, 3.63) is 71.7 Å². The van der Waals surface area contributed by atoms with Crippen LogP contribution in [0.3, 0.4) is 0 Å². The number of aryl methyl sites for hydroxylation is 1. The molecule has 2 amide bonds. The molecular formula is C25H31N3O3S. The van der Waals surface area contributed by atoms with Gasteiger partial charge in [-0.05, 0) is 62.9 Å². The maximum Gasteiger partial charge on any atom is 0.286 e. The first-order valence-electron chi connectivity index (χ1n) is 10.7. The fourth-order valence-electron chi connectivity index (χ4n) is 2.80. The summed E-state index contributed by atoms with van der Waals surface area (Å²) in [5.41, 5.74) is 4.40. The van der Waals surface area contributed by atoms with Gasteiger partial charge in [-0.15, -0.1) is 0 Å². The van der Waals surface area contributed by atoms with Crippen molar-refractivity contribution in [2.45, 2.75) is 52.2 Å². The number of allylic oxidation sites excluding steroid dienone is 1. The maximum absolute atomic E-state index is 11.6. The summed E-state index contributed by atoms with van der Waals surface area (Å²) in [5, 5.41) is 1.70. The van der Waals surface area contributed by atoms with Crippen LogP contribution in [0.5, 0.6) is 5.75 Å². The predicted molar refractivity (Wildman–Crippen MR) is 131 cm³/mol. The Bertz CT molecular complexity index is 955. The van der Waals surface area contributed by atoms with E-state index in [0.29, 0.717) is 13.0 Å². The average molecular weight is 454 g/mol. The fourth-order valence-corrected chi connectivity index (χ4v) is 3.66. The molecule has 7 heteroatoms. The molecule has 6 nitrogen and oxygen atoms in total. The molecule has 2 heterocycles. The number of pyridine rings is 1. The Balaban J connectivity index is 0.000000390. The van der Waals surface area contributed by atoms with Crippen molar-refractivity contribution in [1.82, 2.24) is 10.3 Å². The SMILES string of the molecule is C/C=C\N=C(C)CC.Cc1cccnc1CCOc1ccc(CC2SC(=O)NC2=O)cc1. The Morgan fingerprint density at radius 2 is 2.00 bits per heavy atom. The lowest BCUT2D eigenvalue weighted by Crippen LogP contribution is -2.25. The van der Waals surface area contributed by atoms with Gasteiger partial charge in [-0.25, -0.2) is 0 Å². The number of ether oxygens (including phenoxy) is 1. The van der Waals surface area contributed by atoms with E-state index in [2.05, 4.69) is 22.2 Å². The summed E-state index contributed by atoms with van der Waals surface area (Å²) in [7, 11) is 0. The van der Waals surface area contributed by atoms with Crippen molar-refractivity contribution in [2.75, 3.05) is 6.61 Å². The third kappa shape index (κ3) is 8.67. The van der Waals surface area contributed by atoms with Gasteiger partial charge in [0, 0.05) is 30.2 Å². The summed E-state index contributed by atoms with van der Waals surface area (Å²) >= 11 is 1.05. The van der Waals surface area contributed by atoms with Gasteiger partial charge in [0.1, 0.15) is 5.75 Å². The highest BCUT2D eigenvalue weighted by atomic mass is 32.2. The number of nitrogens with one attached hydrogen (secondary N) is 1. The van der Waals surface area contributed by atoms with Crippen molar-refractivity contribution in [1.29, 1.82) is 0 Å². The summed E-state index contributed by atoms with van der Waals surface area (Å²) in [4.78, 5) is 31.2. The zero-order valence-electron chi connectivity index (χ0n) is 19.1. The highest BCUT2D eigenvalue weighted by Gasteiger charge is 2.31. The average Bonchev–Trinajstić information content (AvgIpc) is 3.11. The van der Waals surface area contributed by atoms with Crippen LogP contribution in [0, 0.1) is 6.92 Å². The minimum atomic E-state index is -0.337. The van der Waals surface area contributed by atoms with E-state index in [9.17, 15) is 9.59 Å². The van der Waals surface area contributed by atoms with Gasteiger partial charge in [0.25, 0.3) is 5.24 Å². The van der Waals surface area contributed by atoms with Crippen molar-refractivity contribution in [3.8, 4) is 5.75 Å². The Kier molecular flexibility index (Phi) is 10.7. The number of nitrogens with zero attached hydrogens (tertiary/aromatic N) is 2.